The molecular formula is C27H30N6O4. The van der Waals surface area contributed by atoms with Crippen LogP contribution in [0.15, 0.2) is 65.7 Å². The van der Waals surface area contributed by atoms with E-state index in [0.717, 1.165) is 5.75 Å². The van der Waals surface area contributed by atoms with E-state index in [0.29, 0.717) is 48.5 Å². The fraction of sp³-hybridized carbons (Fsp3) is 0.333. The first-order valence-electron chi connectivity index (χ1n) is 12.3. The van der Waals surface area contributed by atoms with Gasteiger partial charge in [-0.1, -0.05) is 18.2 Å². The van der Waals surface area contributed by atoms with Gasteiger partial charge in [-0.3, -0.25) is 9.13 Å². The van der Waals surface area contributed by atoms with Crippen LogP contribution in [0.2, 0.25) is 0 Å². The van der Waals surface area contributed by atoms with E-state index in [-0.39, 0.29) is 23.6 Å². The number of ether oxygens (including phenoxy) is 2. The van der Waals surface area contributed by atoms with Crippen LogP contribution in [-0.2, 0) is 4.74 Å². The summed E-state index contributed by atoms with van der Waals surface area (Å²) < 4.78 is 14.6. The quantitative estimate of drug-likeness (QED) is 0.436. The molecule has 1 fully saturated rings. The van der Waals surface area contributed by atoms with E-state index in [1.807, 2.05) is 51.1 Å². The second-order valence-electron chi connectivity index (χ2n) is 10.0. The van der Waals surface area contributed by atoms with Crippen LogP contribution in [0.4, 0.5) is 10.6 Å². The van der Waals surface area contributed by atoms with E-state index < -0.39 is 5.60 Å². The number of anilines is 1. The highest BCUT2D eigenvalue weighted by Crippen LogP contribution is 2.29. The van der Waals surface area contributed by atoms with Gasteiger partial charge in [-0.25, -0.2) is 19.6 Å². The summed E-state index contributed by atoms with van der Waals surface area (Å²) in [5, 5.41) is 0. The van der Waals surface area contributed by atoms with Crippen LogP contribution < -0.4 is 16.2 Å². The van der Waals surface area contributed by atoms with Crippen molar-refractivity contribution in [2.24, 2.45) is 0 Å². The maximum atomic E-state index is 13.8. The molecule has 0 unspecified atom stereocenters. The molecule has 4 aromatic rings. The molecule has 37 heavy (non-hydrogen) atoms. The number of fused-ring (bicyclic) bond motifs is 1. The molecule has 2 aromatic heterocycles. The van der Waals surface area contributed by atoms with E-state index in [2.05, 4.69) is 9.97 Å². The molecule has 1 saturated heterocycles. The van der Waals surface area contributed by atoms with Gasteiger partial charge in [0.1, 0.15) is 28.9 Å². The number of nitrogen functional groups attached to an aromatic ring is 1. The minimum Gasteiger partial charge on any atom is -0.457 e. The number of benzene rings is 2. The molecule has 10 heteroatoms. The summed E-state index contributed by atoms with van der Waals surface area (Å²) in [6.45, 7) is 6.49. The number of aromatic nitrogens is 4. The van der Waals surface area contributed by atoms with Gasteiger partial charge in [-0.15, -0.1) is 0 Å². The Labute approximate surface area is 214 Å². The number of carbonyl (C=O) groups excluding carboxylic acids is 1. The molecule has 10 nitrogen and oxygen atoms in total. The lowest BCUT2D eigenvalue weighted by Crippen LogP contribution is -2.43. The Bertz CT molecular complexity index is 1460. The van der Waals surface area contributed by atoms with Crippen molar-refractivity contribution in [1.29, 1.82) is 0 Å². The monoisotopic (exact) mass is 502 g/mol. The summed E-state index contributed by atoms with van der Waals surface area (Å²) in [5.74, 6) is 1.58. The number of likely N-dealkylation sites (tertiary alicyclic amines) is 1. The molecule has 1 amide bonds. The van der Waals surface area contributed by atoms with Crippen molar-refractivity contribution in [3.8, 4) is 17.2 Å². The molecule has 1 aliphatic rings. The Morgan fingerprint density at radius 2 is 1.62 bits per heavy atom. The summed E-state index contributed by atoms with van der Waals surface area (Å²) in [6.07, 6.45) is 2.20. The lowest BCUT2D eigenvalue weighted by molar-refractivity contribution is 0.0188. The van der Waals surface area contributed by atoms with Gasteiger partial charge < -0.3 is 20.1 Å². The van der Waals surface area contributed by atoms with E-state index in [1.54, 1.807) is 33.7 Å². The zero-order chi connectivity index (χ0) is 26.2. The maximum Gasteiger partial charge on any atom is 0.410 e. The first-order valence-corrected chi connectivity index (χ1v) is 12.3. The highest BCUT2D eigenvalue weighted by Gasteiger charge is 2.31. The average molecular weight is 503 g/mol. The number of piperidine rings is 1. The Hall–Kier alpha value is -4.34. The topological polar surface area (TPSA) is 118 Å². The van der Waals surface area contributed by atoms with Gasteiger partial charge in [-0.05, 0) is 70.0 Å². The van der Waals surface area contributed by atoms with Gasteiger partial charge >= 0.3 is 11.8 Å². The van der Waals surface area contributed by atoms with Crippen molar-refractivity contribution < 1.29 is 14.3 Å². The number of para-hydroxylation sites is 1. The summed E-state index contributed by atoms with van der Waals surface area (Å²) >= 11 is 0. The van der Waals surface area contributed by atoms with Gasteiger partial charge in [-0.2, -0.15) is 0 Å². The van der Waals surface area contributed by atoms with Gasteiger partial charge in [0, 0.05) is 19.1 Å². The third-order valence-electron chi connectivity index (χ3n) is 6.24. The van der Waals surface area contributed by atoms with Crippen LogP contribution in [0, 0.1) is 0 Å². The van der Waals surface area contributed by atoms with Crippen molar-refractivity contribution in [3.63, 3.8) is 0 Å². The zero-order valence-corrected chi connectivity index (χ0v) is 21.1. The number of nitrogens with zero attached hydrogens (tertiary/aromatic N) is 5. The van der Waals surface area contributed by atoms with Crippen LogP contribution in [0.5, 0.6) is 11.5 Å². The van der Waals surface area contributed by atoms with Crippen LogP contribution in [0.3, 0.4) is 0 Å². The SMILES string of the molecule is CC(C)(C)OC(=O)N1CCC(n2c(=O)n(-c3ccc(Oc4ccccc4)cc3)c3c(N)ncnc32)CC1. The van der Waals surface area contributed by atoms with Crippen LogP contribution >= 0.6 is 0 Å². The summed E-state index contributed by atoms with van der Waals surface area (Å²) in [6, 6.07) is 16.5. The van der Waals surface area contributed by atoms with Gasteiger partial charge in [0.25, 0.3) is 0 Å². The number of amides is 1. The molecule has 3 heterocycles. The van der Waals surface area contributed by atoms with Crippen LogP contribution in [0.1, 0.15) is 39.7 Å². The number of carbonyl (C=O) groups is 1. The number of nitrogens with two attached hydrogens (primary N) is 1. The third kappa shape index (κ3) is 5.00. The molecule has 0 aliphatic carbocycles. The maximum absolute atomic E-state index is 13.8. The molecule has 192 valence electrons. The normalized spacial score (nSPS) is 14.6. The van der Waals surface area contributed by atoms with E-state index in [1.165, 1.54) is 10.9 Å². The highest BCUT2D eigenvalue weighted by molar-refractivity contribution is 5.84. The molecule has 2 aromatic carbocycles. The Balaban J connectivity index is 1.44. The van der Waals surface area contributed by atoms with Gasteiger partial charge in [0.15, 0.2) is 11.5 Å². The second kappa shape index (κ2) is 9.61. The molecule has 0 saturated carbocycles. The predicted octanol–water partition coefficient (Wildman–Crippen LogP) is 4.53. The standard InChI is InChI=1S/C27H30N6O4/c1-27(2,3)37-26(35)31-15-13-19(14-16-31)33-24-22(23(28)29-17-30-24)32(25(33)34)18-9-11-21(12-10-18)36-20-7-5-4-6-8-20/h4-12,17,19H,13-16H2,1-3H3,(H2,28,29,30). The average Bonchev–Trinajstić information content (AvgIpc) is 3.17. The van der Waals surface area contributed by atoms with Gasteiger partial charge in [0.05, 0.1) is 5.69 Å². The molecular weight excluding hydrogens is 472 g/mol. The fourth-order valence-corrected chi connectivity index (χ4v) is 4.56. The lowest BCUT2D eigenvalue weighted by Gasteiger charge is -2.33. The number of hydrogen-bond acceptors (Lipinski definition) is 7. The predicted molar refractivity (Wildman–Crippen MR) is 140 cm³/mol. The summed E-state index contributed by atoms with van der Waals surface area (Å²) in [5.41, 5.74) is 6.98. The molecule has 0 bridgehead atoms. The van der Waals surface area contributed by atoms with Crippen LogP contribution in [0.25, 0.3) is 16.9 Å². The highest BCUT2D eigenvalue weighted by atomic mass is 16.6. The molecule has 5 rings (SSSR count). The molecule has 0 radical (unpaired) electrons. The van der Waals surface area contributed by atoms with E-state index in [4.69, 9.17) is 15.2 Å². The minimum atomic E-state index is -0.561. The number of hydrogen-bond donors (Lipinski definition) is 1. The Morgan fingerprint density at radius 1 is 0.973 bits per heavy atom. The van der Waals surface area contributed by atoms with Crippen molar-refractivity contribution in [2.75, 3.05) is 18.8 Å². The first kappa shape index (κ1) is 24.4. The molecule has 0 atom stereocenters. The summed E-state index contributed by atoms with van der Waals surface area (Å²) in [4.78, 5) is 36.5. The van der Waals surface area contributed by atoms with Crippen molar-refractivity contribution in [1.82, 2.24) is 24.0 Å². The van der Waals surface area contributed by atoms with Gasteiger partial charge in [0.2, 0.25) is 0 Å². The molecule has 1 aliphatic heterocycles. The van der Waals surface area contributed by atoms with E-state index >= 15 is 0 Å². The Kier molecular flexibility index (Phi) is 6.32. The second-order valence-corrected chi connectivity index (χ2v) is 10.0. The summed E-state index contributed by atoms with van der Waals surface area (Å²) in [7, 11) is 0. The largest absolute Gasteiger partial charge is 0.457 e. The number of rotatable bonds is 4. The third-order valence-corrected chi connectivity index (χ3v) is 6.24. The molecule has 0 spiro atoms. The van der Waals surface area contributed by atoms with Crippen molar-refractivity contribution in [3.05, 3.63) is 71.4 Å². The molecule has 2 N–H and O–H groups in total. The van der Waals surface area contributed by atoms with Crippen molar-refractivity contribution >= 4 is 23.1 Å². The zero-order valence-electron chi connectivity index (χ0n) is 21.1. The van der Waals surface area contributed by atoms with E-state index in [9.17, 15) is 9.59 Å². The number of imidazole rings is 1. The smallest absolute Gasteiger partial charge is 0.410 e. The van der Waals surface area contributed by atoms with Crippen molar-refractivity contribution in [2.45, 2.75) is 45.3 Å². The Morgan fingerprint density at radius 3 is 2.27 bits per heavy atom. The minimum absolute atomic E-state index is 0.148. The fourth-order valence-electron chi connectivity index (χ4n) is 4.56. The van der Waals surface area contributed by atoms with Crippen LogP contribution in [-0.4, -0.2) is 48.8 Å². The first-order chi connectivity index (χ1) is 17.7. The lowest BCUT2D eigenvalue weighted by atomic mass is 10.1.